The summed E-state index contributed by atoms with van der Waals surface area (Å²) in [7, 11) is 0. The zero-order valence-corrected chi connectivity index (χ0v) is 11.9. The van der Waals surface area contributed by atoms with Crippen molar-refractivity contribution in [3.8, 4) is 0 Å². The van der Waals surface area contributed by atoms with Crippen LogP contribution in [0, 0.1) is 0 Å². The number of thiol groups is 1. The predicted molar refractivity (Wildman–Crippen MR) is 70.2 cm³/mol. The number of hydrogen-bond acceptors (Lipinski definition) is 2. The van der Waals surface area contributed by atoms with Gasteiger partial charge in [0.1, 0.15) is 0 Å². The van der Waals surface area contributed by atoms with Crippen molar-refractivity contribution in [2.45, 2.75) is 10.5 Å². The van der Waals surface area contributed by atoms with Gasteiger partial charge in [-0.1, -0.05) is 0 Å². The molecular weight excluding hydrogens is 310 g/mol. The average Bonchev–Trinajstić information content (AvgIpc) is 2.19. The Kier molecular flexibility index (Phi) is 16.3. The van der Waals surface area contributed by atoms with Crippen molar-refractivity contribution < 1.29 is 8.76 Å². The van der Waals surface area contributed by atoms with E-state index in [1.165, 1.54) is 0 Å². The Bertz CT molecular complexity index is 142. The highest BCUT2D eigenvalue weighted by atomic mass is 35.5. The molecule has 0 radical (unpaired) electrons. The minimum absolute atomic E-state index is 0.132. The molecule has 0 aromatic carbocycles. The van der Waals surface area contributed by atoms with Gasteiger partial charge in [-0.15, -0.1) is 46.4 Å². The van der Waals surface area contributed by atoms with Crippen LogP contribution in [-0.2, 0) is 11.1 Å². The second kappa shape index (κ2) is 12.7. The molecule has 0 aliphatic carbocycles. The molecule has 0 heterocycles. The minimum Gasteiger partial charge on any atom is -0.306 e. The molecular formula is C6H12Cl4O2S2. The monoisotopic (exact) mass is 320 g/mol. The third-order valence-electron chi connectivity index (χ3n) is 0.986. The first-order chi connectivity index (χ1) is 6.53. The molecule has 1 atom stereocenters. The molecule has 0 aromatic heterocycles. The summed E-state index contributed by atoms with van der Waals surface area (Å²) in [6, 6.07) is 0. The van der Waals surface area contributed by atoms with Gasteiger partial charge in [-0.05, 0) is 0 Å². The molecule has 1 unspecified atom stereocenters. The Balaban J connectivity index is 0. The van der Waals surface area contributed by atoms with E-state index in [0.717, 1.165) is 0 Å². The first-order valence-electron chi connectivity index (χ1n) is 3.55. The SMILES string of the molecule is O=S(O)C(CCl)CCl.SC(CCl)CCl. The lowest BCUT2D eigenvalue weighted by molar-refractivity contribution is 0.556. The van der Waals surface area contributed by atoms with Gasteiger partial charge in [-0.2, -0.15) is 12.6 Å². The summed E-state index contributed by atoms with van der Waals surface area (Å²) in [5, 5.41) is -0.327. The molecule has 0 saturated carbocycles. The van der Waals surface area contributed by atoms with Crippen molar-refractivity contribution in [2.24, 2.45) is 0 Å². The summed E-state index contributed by atoms with van der Waals surface area (Å²) in [6.07, 6.45) is 0. The molecule has 0 fully saturated rings. The summed E-state index contributed by atoms with van der Waals surface area (Å²) in [6.45, 7) is 0. The lowest BCUT2D eigenvalue weighted by Crippen LogP contribution is -2.17. The third kappa shape index (κ3) is 11.7. The normalized spacial score (nSPS) is 12.6. The molecule has 0 bridgehead atoms. The van der Waals surface area contributed by atoms with Gasteiger partial charge in [-0.3, -0.25) is 0 Å². The van der Waals surface area contributed by atoms with Gasteiger partial charge in [0.25, 0.3) is 0 Å². The number of hydrogen-bond donors (Lipinski definition) is 2. The van der Waals surface area contributed by atoms with Crippen molar-refractivity contribution in [2.75, 3.05) is 23.5 Å². The van der Waals surface area contributed by atoms with Crippen LogP contribution < -0.4 is 0 Å². The lowest BCUT2D eigenvalue weighted by atomic mass is 10.6. The van der Waals surface area contributed by atoms with E-state index in [2.05, 4.69) is 12.6 Å². The zero-order chi connectivity index (χ0) is 11.6. The predicted octanol–water partition coefficient (Wildman–Crippen LogP) is 2.82. The van der Waals surface area contributed by atoms with Crippen molar-refractivity contribution in [1.29, 1.82) is 0 Å². The van der Waals surface area contributed by atoms with E-state index in [4.69, 9.17) is 51.0 Å². The molecule has 8 heteroatoms. The lowest BCUT2D eigenvalue weighted by Gasteiger charge is -2.00. The quantitative estimate of drug-likeness (QED) is 0.464. The fourth-order valence-electron chi connectivity index (χ4n) is 0.190. The van der Waals surface area contributed by atoms with Crippen molar-refractivity contribution in [3.63, 3.8) is 0 Å². The molecule has 1 N–H and O–H groups in total. The van der Waals surface area contributed by atoms with E-state index < -0.39 is 16.3 Å². The topological polar surface area (TPSA) is 37.3 Å². The van der Waals surface area contributed by atoms with E-state index >= 15 is 0 Å². The van der Waals surface area contributed by atoms with Gasteiger partial charge in [0.15, 0.2) is 11.1 Å². The van der Waals surface area contributed by atoms with Gasteiger partial charge in [0.05, 0.1) is 5.25 Å². The van der Waals surface area contributed by atoms with E-state index in [-0.39, 0.29) is 17.0 Å². The van der Waals surface area contributed by atoms with E-state index in [1.807, 2.05) is 0 Å². The summed E-state index contributed by atoms with van der Waals surface area (Å²) in [5.41, 5.74) is 0. The van der Waals surface area contributed by atoms with Crippen molar-refractivity contribution in [1.82, 2.24) is 0 Å². The van der Waals surface area contributed by atoms with Crippen LogP contribution in [0.2, 0.25) is 0 Å². The Morgan fingerprint density at radius 3 is 1.43 bits per heavy atom. The molecule has 0 aromatic rings. The highest BCUT2D eigenvalue weighted by molar-refractivity contribution is 7.81. The third-order valence-corrected chi connectivity index (χ3v) is 4.54. The highest BCUT2D eigenvalue weighted by Gasteiger charge is 2.10. The van der Waals surface area contributed by atoms with Gasteiger partial charge in [-0.25, -0.2) is 4.21 Å². The highest BCUT2D eigenvalue weighted by Crippen LogP contribution is 1.99. The van der Waals surface area contributed by atoms with Gasteiger partial charge < -0.3 is 4.55 Å². The smallest absolute Gasteiger partial charge is 0.158 e. The van der Waals surface area contributed by atoms with Crippen LogP contribution in [0.3, 0.4) is 0 Å². The fraction of sp³-hybridized carbons (Fsp3) is 1.00. The second-order valence-corrected chi connectivity index (χ2v) is 5.35. The van der Waals surface area contributed by atoms with Gasteiger partial charge in [0, 0.05) is 28.8 Å². The molecule has 0 spiro atoms. The van der Waals surface area contributed by atoms with E-state index in [9.17, 15) is 4.21 Å². The summed E-state index contributed by atoms with van der Waals surface area (Å²) in [5.74, 6) is 1.33. The molecule has 0 amide bonds. The van der Waals surface area contributed by atoms with E-state index in [1.54, 1.807) is 0 Å². The summed E-state index contributed by atoms with van der Waals surface area (Å²) < 4.78 is 18.4. The van der Waals surface area contributed by atoms with Crippen LogP contribution in [0.4, 0.5) is 0 Å². The molecule has 14 heavy (non-hydrogen) atoms. The van der Waals surface area contributed by atoms with Crippen LogP contribution in [0.15, 0.2) is 0 Å². The molecule has 2 nitrogen and oxygen atoms in total. The molecule has 0 rings (SSSR count). The maximum Gasteiger partial charge on any atom is 0.158 e. The Morgan fingerprint density at radius 2 is 1.43 bits per heavy atom. The van der Waals surface area contributed by atoms with Crippen LogP contribution in [0.5, 0.6) is 0 Å². The van der Waals surface area contributed by atoms with Crippen molar-refractivity contribution >= 4 is 70.1 Å². The van der Waals surface area contributed by atoms with Gasteiger partial charge in [0.2, 0.25) is 0 Å². The molecule has 0 aliphatic heterocycles. The number of alkyl halides is 4. The maximum absolute atomic E-state index is 10.1. The number of halogens is 4. The summed E-state index contributed by atoms with van der Waals surface area (Å²) in [4.78, 5) is 0. The summed E-state index contributed by atoms with van der Waals surface area (Å²) >= 11 is 23.1. The Hall–Kier alpha value is 1.62. The fourth-order valence-corrected chi connectivity index (χ4v) is 1.71. The Morgan fingerprint density at radius 1 is 1.07 bits per heavy atom. The largest absolute Gasteiger partial charge is 0.306 e. The van der Waals surface area contributed by atoms with Crippen LogP contribution >= 0.6 is 59.0 Å². The van der Waals surface area contributed by atoms with Crippen molar-refractivity contribution in [3.05, 3.63) is 0 Å². The minimum atomic E-state index is -1.87. The van der Waals surface area contributed by atoms with Gasteiger partial charge >= 0.3 is 0 Å². The molecule has 0 saturated heterocycles. The average molecular weight is 322 g/mol. The zero-order valence-electron chi connectivity index (χ0n) is 7.21. The van der Waals surface area contributed by atoms with Crippen LogP contribution in [-0.4, -0.2) is 42.8 Å². The second-order valence-electron chi connectivity index (χ2n) is 2.17. The Labute approximate surface area is 112 Å². The number of rotatable bonds is 5. The molecule has 88 valence electrons. The van der Waals surface area contributed by atoms with E-state index in [0.29, 0.717) is 11.8 Å². The first-order valence-corrected chi connectivity index (χ1v) is 7.37. The standard InChI is InChI=1S/C3H6Cl2O2S.C3H6Cl2S/c4-1-3(2-5)8(6)7;4-1-3(6)2-5/h3H,1-2H2,(H,6,7);3,6H,1-2H2. The maximum atomic E-state index is 10.1. The molecule has 0 aliphatic rings. The van der Waals surface area contributed by atoms with Crippen LogP contribution in [0.25, 0.3) is 0 Å². The first kappa shape index (κ1) is 18.0. The van der Waals surface area contributed by atoms with Crippen LogP contribution in [0.1, 0.15) is 0 Å².